The Morgan fingerprint density at radius 2 is 2.07 bits per heavy atom. The van der Waals surface area contributed by atoms with E-state index in [1.54, 1.807) is 6.07 Å². The first kappa shape index (κ1) is 24.1. The van der Waals surface area contributed by atoms with Crippen molar-refractivity contribution < 1.29 is 22.6 Å². The molecule has 2 aliphatic heterocycles. The summed E-state index contributed by atoms with van der Waals surface area (Å²) >= 11 is 6.25. The fraction of sp³-hybridized carbons (Fsp3) is 0.611. The van der Waals surface area contributed by atoms with E-state index < -0.39 is 12.7 Å². The standard InChI is InChI=1S/C18H24ClF3N4O2.HI/c1-2-23-17(25-13-3-4-26(10-13)11-18(20,21)22)24-9-12-7-14(19)16-15(8-12)27-5-6-28-16;/h7-8,13H,2-6,9-11H2,1H3,(H2,23,24,25);1H. The Hall–Kier alpha value is -1.14. The van der Waals surface area contributed by atoms with Crippen LogP contribution in [0, 0.1) is 0 Å². The molecule has 6 nitrogen and oxygen atoms in total. The number of halogens is 5. The van der Waals surface area contributed by atoms with Gasteiger partial charge < -0.3 is 20.1 Å². The molecule has 1 atom stereocenters. The van der Waals surface area contributed by atoms with Crippen molar-refractivity contribution in [3.05, 3.63) is 22.7 Å². The summed E-state index contributed by atoms with van der Waals surface area (Å²) in [5, 5.41) is 6.82. The van der Waals surface area contributed by atoms with Crippen LogP contribution in [0.2, 0.25) is 5.02 Å². The van der Waals surface area contributed by atoms with E-state index >= 15 is 0 Å². The van der Waals surface area contributed by atoms with Crippen molar-refractivity contribution in [1.82, 2.24) is 15.5 Å². The molecule has 1 unspecified atom stereocenters. The van der Waals surface area contributed by atoms with Crippen LogP contribution >= 0.6 is 35.6 Å². The van der Waals surface area contributed by atoms with Crippen molar-refractivity contribution in [2.75, 3.05) is 39.4 Å². The number of nitrogens with zero attached hydrogens (tertiary/aromatic N) is 2. The highest BCUT2D eigenvalue weighted by molar-refractivity contribution is 14.0. The van der Waals surface area contributed by atoms with Gasteiger partial charge in [-0.2, -0.15) is 13.2 Å². The summed E-state index contributed by atoms with van der Waals surface area (Å²) in [5.41, 5.74) is 0.858. The average Bonchev–Trinajstić information content (AvgIpc) is 3.05. The summed E-state index contributed by atoms with van der Waals surface area (Å²) in [6.45, 7) is 3.73. The first-order valence-corrected chi connectivity index (χ1v) is 9.64. The van der Waals surface area contributed by atoms with Gasteiger partial charge in [0, 0.05) is 25.7 Å². The Morgan fingerprint density at radius 3 is 2.79 bits per heavy atom. The zero-order valence-corrected chi connectivity index (χ0v) is 19.1. The molecule has 29 heavy (non-hydrogen) atoms. The van der Waals surface area contributed by atoms with Crippen molar-refractivity contribution >= 4 is 41.5 Å². The highest BCUT2D eigenvalue weighted by Crippen LogP contribution is 2.38. The number of ether oxygens (including phenoxy) is 2. The molecule has 164 valence electrons. The van der Waals surface area contributed by atoms with Crippen LogP contribution in [0.25, 0.3) is 0 Å². The molecule has 0 saturated carbocycles. The lowest BCUT2D eigenvalue weighted by Gasteiger charge is -2.21. The van der Waals surface area contributed by atoms with Crippen LogP contribution in [-0.4, -0.2) is 62.5 Å². The SMILES string of the molecule is CCNC(=NCc1cc(Cl)c2c(c1)OCCO2)NC1CCN(CC(F)(F)F)C1.I. The predicted molar refractivity (Wildman–Crippen MR) is 117 cm³/mol. The maximum atomic E-state index is 12.6. The topological polar surface area (TPSA) is 58.1 Å². The zero-order chi connectivity index (χ0) is 20.1. The van der Waals surface area contributed by atoms with Gasteiger partial charge in [0.1, 0.15) is 13.2 Å². The van der Waals surface area contributed by atoms with E-state index in [1.165, 1.54) is 4.90 Å². The number of fused-ring (bicyclic) bond motifs is 1. The van der Waals surface area contributed by atoms with E-state index in [0.717, 1.165) is 5.56 Å². The minimum Gasteiger partial charge on any atom is -0.486 e. The fourth-order valence-electron chi connectivity index (χ4n) is 3.29. The van der Waals surface area contributed by atoms with Gasteiger partial charge in [-0.15, -0.1) is 24.0 Å². The van der Waals surface area contributed by atoms with E-state index in [9.17, 15) is 13.2 Å². The fourth-order valence-corrected chi connectivity index (χ4v) is 3.57. The molecular formula is C18H25ClF3IN4O2. The van der Waals surface area contributed by atoms with Crippen molar-refractivity contribution in [3.8, 4) is 11.5 Å². The van der Waals surface area contributed by atoms with Crippen molar-refractivity contribution in [3.63, 3.8) is 0 Å². The largest absolute Gasteiger partial charge is 0.486 e. The van der Waals surface area contributed by atoms with Crippen LogP contribution in [0.5, 0.6) is 11.5 Å². The molecule has 0 radical (unpaired) electrons. The Morgan fingerprint density at radius 1 is 1.31 bits per heavy atom. The molecule has 3 rings (SSSR count). The number of benzene rings is 1. The van der Waals surface area contributed by atoms with Crippen LogP contribution in [-0.2, 0) is 6.54 Å². The molecular weight excluding hydrogens is 524 g/mol. The highest BCUT2D eigenvalue weighted by atomic mass is 127. The molecule has 1 aromatic rings. The second-order valence-electron chi connectivity index (χ2n) is 6.78. The number of nitrogens with one attached hydrogen (secondary N) is 2. The molecule has 2 heterocycles. The summed E-state index contributed by atoms with van der Waals surface area (Å²) in [7, 11) is 0. The molecule has 0 aliphatic carbocycles. The van der Waals surface area contributed by atoms with E-state index in [2.05, 4.69) is 15.6 Å². The molecule has 11 heteroatoms. The maximum absolute atomic E-state index is 12.6. The van der Waals surface area contributed by atoms with Gasteiger partial charge in [0.2, 0.25) is 0 Å². The Labute approximate surface area is 190 Å². The second-order valence-corrected chi connectivity index (χ2v) is 7.18. The summed E-state index contributed by atoms with van der Waals surface area (Å²) < 4.78 is 48.7. The van der Waals surface area contributed by atoms with E-state index in [1.807, 2.05) is 13.0 Å². The normalized spacial score (nSPS) is 19.6. The van der Waals surface area contributed by atoms with Gasteiger partial charge in [-0.05, 0) is 31.0 Å². The molecule has 0 amide bonds. The van der Waals surface area contributed by atoms with Crippen molar-refractivity contribution in [2.24, 2.45) is 4.99 Å². The minimum absolute atomic E-state index is 0. The van der Waals surface area contributed by atoms with Crippen molar-refractivity contribution in [2.45, 2.75) is 32.1 Å². The lowest BCUT2D eigenvalue weighted by molar-refractivity contribution is -0.143. The molecule has 0 spiro atoms. The van der Waals surface area contributed by atoms with Gasteiger partial charge in [0.05, 0.1) is 18.1 Å². The summed E-state index contributed by atoms with van der Waals surface area (Å²) in [4.78, 5) is 5.94. The van der Waals surface area contributed by atoms with Gasteiger partial charge in [0.25, 0.3) is 0 Å². The van der Waals surface area contributed by atoms with E-state index in [4.69, 9.17) is 21.1 Å². The molecule has 1 saturated heterocycles. The first-order chi connectivity index (χ1) is 13.3. The minimum atomic E-state index is -4.18. The predicted octanol–water partition coefficient (Wildman–Crippen LogP) is 3.42. The number of hydrogen-bond acceptors (Lipinski definition) is 4. The first-order valence-electron chi connectivity index (χ1n) is 9.26. The van der Waals surface area contributed by atoms with Crippen LogP contribution in [0.15, 0.2) is 17.1 Å². The molecule has 0 aromatic heterocycles. The third-order valence-electron chi connectivity index (χ3n) is 4.44. The van der Waals surface area contributed by atoms with Crippen LogP contribution in [0.3, 0.4) is 0 Å². The molecule has 1 fully saturated rings. The van der Waals surface area contributed by atoms with Crippen LogP contribution in [0.1, 0.15) is 18.9 Å². The van der Waals surface area contributed by atoms with E-state index in [-0.39, 0.29) is 30.0 Å². The van der Waals surface area contributed by atoms with Crippen molar-refractivity contribution in [1.29, 1.82) is 0 Å². The summed E-state index contributed by atoms with van der Waals surface area (Å²) in [6.07, 6.45) is -3.54. The molecule has 2 aliphatic rings. The number of alkyl halides is 3. The summed E-state index contributed by atoms with van der Waals surface area (Å²) in [5.74, 6) is 1.70. The molecule has 2 N–H and O–H groups in total. The van der Waals surface area contributed by atoms with Gasteiger partial charge in [0.15, 0.2) is 17.5 Å². The number of guanidine groups is 1. The van der Waals surface area contributed by atoms with Gasteiger partial charge in [-0.3, -0.25) is 4.90 Å². The lowest BCUT2D eigenvalue weighted by atomic mass is 10.2. The monoisotopic (exact) mass is 548 g/mol. The lowest BCUT2D eigenvalue weighted by Crippen LogP contribution is -2.45. The third-order valence-corrected chi connectivity index (χ3v) is 4.72. The zero-order valence-electron chi connectivity index (χ0n) is 16.0. The maximum Gasteiger partial charge on any atom is 0.401 e. The summed E-state index contributed by atoms with van der Waals surface area (Å²) in [6, 6.07) is 3.54. The Bertz CT molecular complexity index is 721. The van der Waals surface area contributed by atoms with Gasteiger partial charge in [-0.25, -0.2) is 4.99 Å². The van der Waals surface area contributed by atoms with Gasteiger partial charge in [-0.1, -0.05) is 11.6 Å². The van der Waals surface area contributed by atoms with Crippen LogP contribution in [0.4, 0.5) is 13.2 Å². The number of hydrogen-bond donors (Lipinski definition) is 2. The third kappa shape index (κ3) is 7.25. The molecule has 0 bridgehead atoms. The highest BCUT2D eigenvalue weighted by Gasteiger charge is 2.34. The second kappa shape index (κ2) is 10.8. The number of likely N-dealkylation sites (tertiary alicyclic amines) is 1. The Kier molecular flexibility index (Phi) is 8.95. The number of rotatable bonds is 5. The number of aliphatic imine (C=N–C) groups is 1. The van der Waals surface area contributed by atoms with Gasteiger partial charge >= 0.3 is 6.18 Å². The quantitative estimate of drug-likeness (QED) is 0.336. The van der Waals surface area contributed by atoms with Crippen LogP contribution < -0.4 is 20.1 Å². The Balaban J connectivity index is 0.00000300. The average molecular weight is 549 g/mol. The molecule has 1 aromatic carbocycles. The van der Waals surface area contributed by atoms with E-state index in [0.29, 0.717) is 68.3 Å². The smallest absolute Gasteiger partial charge is 0.401 e.